The van der Waals surface area contributed by atoms with Crippen molar-refractivity contribution in [2.45, 2.75) is 114 Å². The molecular formula is C31H41NO7. The van der Waals surface area contributed by atoms with Gasteiger partial charge >= 0.3 is 11.9 Å². The summed E-state index contributed by atoms with van der Waals surface area (Å²) in [5.74, 6) is 0.537. The van der Waals surface area contributed by atoms with Gasteiger partial charge in [-0.15, -0.1) is 0 Å². The highest BCUT2D eigenvalue weighted by molar-refractivity contribution is 5.86. The number of benzene rings is 1. The number of fused-ring (bicyclic) bond motifs is 3. The highest BCUT2D eigenvalue weighted by atomic mass is 16.7. The second kappa shape index (κ2) is 9.51. The van der Waals surface area contributed by atoms with Crippen molar-refractivity contribution in [3.05, 3.63) is 34.9 Å². The quantitative estimate of drug-likeness (QED) is 0.389. The molecule has 4 aliphatic heterocycles. The number of hydrogen-bond acceptors (Lipinski definition) is 8. The molecule has 0 radical (unpaired) electrons. The summed E-state index contributed by atoms with van der Waals surface area (Å²) in [4.78, 5) is 29.7. The second-order valence-electron chi connectivity index (χ2n) is 12.9. The van der Waals surface area contributed by atoms with Crippen molar-refractivity contribution in [2.75, 3.05) is 19.9 Å². The lowest BCUT2D eigenvalue weighted by atomic mass is 9.77. The minimum Gasteiger partial charge on any atom is -0.463 e. The van der Waals surface area contributed by atoms with Crippen LogP contribution in [0.5, 0.6) is 11.5 Å². The molecule has 0 aromatic heterocycles. The number of nitrogens with zero attached hydrogens (tertiary/aromatic N) is 1. The SMILES string of the molecule is CC1=CC23CCCN2CCc2cc4c(cc2[C@@H]3C1OC(=O)[C@@]1(CC(=O)OC(C)C)CCCC(C)(C)O1)OCO4. The average Bonchev–Trinajstić information content (AvgIpc) is 3.51. The Labute approximate surface area is 230 Å². The number of ether oxygens (including phenoxy) is 5. The lowest BCUT2D eigenvalue weighted by molar-refractivity contribution is -0.216. The van der Waals surface area contributed by atoms with Gasteiger partial charge in [0.25, 0.3) is 0 Å². The molecule has 2 saturated heterocycles. The molecule has 2 fully saturated rings. The molecular weight excluding hydrogens is 498 g/mol. The van der Waals surface area contributed by atoms with Crippen LogP contribution in [-0.4, -0.2) is 65.7 Å². The van der Waals surface area contributed by atoms with Crippen molar-refractivity contribution in [3.8, 4) is 11.5 Å². The van der Waals surface area contributed by atoms with E-state index in [9.17, 15) is 9.59 Å². The van der Waals surface area contributed by atoms with Crippen LogP contribution in [0.15, 0.2) is 23.8 Å². The van der Waals surface area contributed by atoms with Crippen LogP contribution in [0.2, 0.25) is 0 Å². The maximum absolute atomic E-state index is 14.2. The van der Waals surface area contributed by atoms with Gasteiger partial charge < -0.3 is 23.7 Å². The molecule has 39 heavy (non-hydrogen) atoms. The third-order valence-corrected chi connectivity index (χ3v) is 9.22. The Bertz CT molecular complexity index is 1210. The molecule has 1 aliphatic carbocycles. The molecule has 0 N–H and O–H groups in total. The normalized spacial score (nSPS) is 32.6. The first-order chi connectivity index (χ1) is 18.5. The van der Waals surface area contributed by atoms with Crippen LogP contribution >= 0.6 is 0 Å². The van der Waals surface area contributed by atoms with Gasteiger partial charge in [0.2, 0.25) is 6.79 Å². The topological polar surface area (TPSA) is 83.5 Å². The average molecular weight is 540 g/mol. The van der Waals surface area contributed by atoms with E-state index in [1.807, 2.05) is 27.7 Å². The summed E-state index contributed by atoms with van der Waals surface area (Å²) in [6.07, 6.45) is 6.46. The Kier molecular flexibility index (Phi) is 6.50. The molecule has 1 spiro atoms. The zero-order valence-corrected chi connectivity index (χ0v) is 23.8. The molecule has 0 bridgehead atoms. The van der Waals surface area contributed by atoms with Gasteiger partial charge in [-0.2, -0.15) is 0 Å². The van der Waals surface area contributed by atoms with Gasteiger partial charge in [0.1, 0.15) is 6.10 Å². The van der Waals surface area contributed by atoms with E-state index in [0.717, 1.165) is 67.8 Å². The lowest BCUT2D eigenvalue weighted by Gasteiger charge is -2.44. The van der Waals surface area contributed by atoms with Crippen LogP contribution in [0, 0.1) is 0 Å². The van der Waals surface area contributed by atoms with E-state index in [0.29, 0.717) is 6.42 Å². The molecule has 212 valence electrons. The summed E-state index contributed by atoms with van der Waals surface area (Å²) >= 11 is 0. The highest BCUT2D eigenvalue weighted by Crippen LogP contribution is 2.56. The van der Waals surface area contributed by atoms with Crippen molar-refractivity contribution in [2.24, 2.45) is 0 Å². The van der Waals surface area contributed by atoms with Gasteiger partial charge in [-0.05, 0) is 109 Å². The first kappa shape index (κ1) is 26.6. The maximum Gasteiger partial charge on any atom is 0.339 e. The number of carbonyl (C=O) groups is 2. The highest BCUT2D eigenvalue weighted by Gasteiger charge is 2.58. The van der Waals surface area contributed by atoms with Crippen molar-refractivity contribution >= 4 is 11.9 Å². The standard InChI is InChI=1S/C31H41NO7/c1-19(2)37-25(33)17-31(11-6-9-29(4,5)39-31)28(34)38-27-20(3)16-30-10-7-12-32(30)13-8-21-14-23-24(36-18-35-23)15-22(21)26(27)30/h14-16,19,26-27H,6-13,17-18H2,1-5H3/t26-,27?,30?,31+/m1/s1. The van der Waals surface area contributed by atoms with Crippen LogP contribution in [-0.2, 0) is 30.2 Å². The Hall–Kier alpha value is -2.58. The third-order valence-electron chi connectivity index (χ3n) is 9.22. The van der Waals surface area contributed by atoms with E-state index in [-0.39, 0.29) is 30.8 Å². The molecule has 4 heterocycles. The lowest BCUT2D eigenvalue weighted by Crippen LogP contribution is -2.54. The largest absolute Gasteiger partial charge is 0.463 e. The van der Waals surface area contributed by atoms with Crippen molar-refractivity contribution in [1.29, 1.82) is 0 Å². The summed E-state index contributed by atoms with van der Waals surface area (Å²) in [6, 6.07) is 4.21. The minimum atomic E-state index is -1.37. The van der Waals surface area contributed by atoms with Crippen LogP contribution in [0.4, 0.5) is 0 Å². The molecule has 6 rings (SSSR count). The summed E-state index contributed by atoms with van der Waals surface area (Å²) in [5, 5.41) is 0. The van der Waals surface area contributed by atoms with E-state index in [2.05, 4.69) is 30.0 Å². The monoisotopic (exact) mass is 539 g/mol. The summed E-state index contributed by atoms with van der Waals surface area (Å²) in [6.45, 7) is 11.8. The number of rotatable bonds is 5. The fourth-order valence-electron chi connectivity index (χ4n) is 7.73. The van der Waals surface area contributed by atoms with E-state index in [4.69, 9.17) is 23.7 Å². The molecule has 1 aromatic carbocycles. The first-order valence-corrected chi connectivity index (χ1v) is 14.5. The first-order valence-electron chi connectivity index (χ1n) is 14.5. The van der Waals surface area contributed by atoms with Crippen molar-refractivity contribution in [3.63, 3.8) is 0 Å². The fraction of sp³-hybridized carbons (Fsp3) is 0.677. The van der Waals surface area contributed by atoms with Gasteiger partial charge in [0.05, 0.1) is 23.7 Å². The minimum absolute atomic E-state index is 0.0767. The number of hydrogen-bond donors (Lipinski definition) is 0. The van der Waals surface area contributed by atoms with Crippen LogP contribution in [0.3, 0.4) is 0 Å². The Balaban J connectivity index is 1.37. The van der Waals surface area contributed by atoms with Gasteiger partial charge in [0, 0.05) is 12.5 Å². The fourth-order valence-corrected chi connectivity index (χ4v) is 7.73. The van der Waals surface area contributed by atoms with E-state index >= 15 is 0 Å². The van der Waals surface area contributed by atoms with Crippen molar-refractivity contribution in [1.82, 2.24) is 4.90 Å². The number of carbonyl (C=O) groups excluding carboxylic acids is 2. The number of esters is 2. The van der Waals surface area contributed by atoms with Gasteiger partial charge in [0.15, 0.2) is 17.1 Å². The van der Waals surface area contributed by atoms with Crippen LogP contribution in [0.1, 0.15) is 90.2 Å². The molecule has 8 heteroatoms. The maximum atomic E-state index is 14.2. The van der Waals surface area contributed by atoms with Crippen LogP contribution < -0.4 is 9.47 Å². The predicted octanol–water partition coefficient (Wildman–Crippen LogP) is 4.82. The second-order valence-corrected chi connectivity index (χ2v) is 12.9. The Morgan fingerprint density at radius 2 is 1.85 bits per heavy atom. The van der Waals surface area contributed by atoms with E-state index in [1.54, 1.807) is 0 Å². The molecule has 0 saturated carbocycles. The van der Waals surface area contributed by atoms with E-state index < -0.39 is 29.2 Å². The van der Waals surface area contributed by atoms with E-state index in [1.165, 1.54) is 5.56 Å². The predicted molar refractivity (Wildman–Crippen MR) is 144 cm³/mol. The zero-order valence-electron chi connectivity index (χ0n) is 23.8. The van der Waals surface area contributed by atoms with Gasteiger partial charge in [-0.25, -0.2) is 4.79 Å². The molecule has 4 atom stereocenters. The van der Waals surface area contributed by atoms with Gasteiger partial charge in [-0.1, -0.05) is 6.08 Å². The summed E-state index contributed by atoms with van der Waals surface area (Å²) in [5.41, 5.74) is 1.28. The van der Waals surface area contributed by atoms with Crippen LogP contribution in [0.25, 0.3) is 0 Å². The molecule has 0 amide bonds. The summed E-state index contributed by atoms with van der Waals surface area (Å²) < 4.78 is 29.9. The molecule has 8 nitrogen and oxygen atoms in total. The smallest absolute Gasteiger partial charge is 0.339 e. The summed E-state index contributed by atoms with van der Waals surface area (Å²) in [7, 11) is 0. The Morgan fingerprint density at radius 1 is 1.08 bits per heavy atom. The van der Waals surface area contributed by atoms with Gasteiger partial charge in [-0.3, -0.25) is 9.69 Å². The Morgan fingerprint density at radius 3 is 2.59 bits per heavy atom. The third kappa shape index (κ3) is 4.53. The molecule has 5 aliphatic rings. The molecule has 2 unspecified atom stereocenters. The zero-order chi connectivity index (χ0) is 27.6. The van der Waals surface area contributed by atoms with Crippen molar-refractivity contribution < 1.29 is 33.3 Å². The molecule has 1 aromatic rings.